The molecule has 0 aliphatic heterocycles. The molecule has 3 rings (SSSR count). The number of hydrogen-bond donors (Lipinski definition) is 1. The molecule has 0 fully saturated rings. The largest absolute Gasteiger partial charge is 0.297 e. The van der Waals surface area contributed by atoms with Crippen molar-refractivity contribution in [1.82, 2.24) is 14.6 Å². The zero-order valence-electron chi connectivity index (χ0n) is 13.8. The first-order valence-electron chi connectivity index (χ1n) is 7.74. The summed E-state index contributed by atoms with van der Waals surface area (Å²) in [5, 5.41) is 9.46. The zero-order valence-corrected chi connectivity index (χ0v) is 15.4. The number of hydrogen-bond acceptors (Lipinski definition) is 6. The summed E-state index contributed by atoms with van der Waals surface area (Å²) in [7, 11) is 0. The molecule has 7 heteroatoms. The molecule has 5 nitrogen and oxygen atoms in total. The van der Waals surface area contributed by atoms with Gasteiger partial charge in [0.05, 0.1) is 11.4 Å². The number of carbonyl (C=O) groups excluding carboxylic acids is 1. The van der Waals surface area contributed by atoms with E-state index >= 15 is 0 Å². The number of aryl methyl sites for hydroxylation is 3. The first kappa shape index (κ1) is 16.7. The van der Waals surface area contributed by atoms with E-state index in [2.05, 4.69) is 58.9 Å². The predicted octanol–water partition coefficient (Wildman–Crippen LogP) is 4.48. The Balaban J connectivity index is 1.80. The lowest BCUT2D eigenvalue weighted by atomic mass is 10.0. The van der Waals surface area contributed by atoms with Crippen LogP contribution in [0.15, 0.2) is 23.6 Å². The van der Waals surface area contributed by atoms with Crippen LogP contribution in [0, 0.1) is 13.8 Å². The fourth-order valence-corrected chi connectivity index (χ4v) is 3.71. The molecule has 0 spiro atoms. The molecule has 1 N–H and O–H groups in total. The highest BCUT2D eigenvalue weighted by molar-refractivity contribution is 7.14. The van der Waals surface area contributed by atoms with Crippen molar-refractivity contribution in [2.24, 2.45) is 0 Å². The van der Waals surface area contributed by atoms with Gasteiger partial charge in [0, 0.05) is 10.9 Å². The highest BCUT2D eigenvalue weighted by Gasteiger charge is 2.17. The van der Waals surface area contributed by atoms with E-state index in [9.17, 15) is 4.79 Å². The molecular formula is C17H18N4OS2. The number of anilines is 1. The molecule has 2 heterocycles. The zero-order chi connectivity index (χ0) is 17.1. The second-order valence-corrected chi connectivity index (χ2v) is 7.22. The van der Waals surface area contributed by atoms with Crippen LogP contribution >= 0.6 is 22.9 Å². The number of amides is 1. The van der Waals surface area contributed by atoms with E-state index in [-0.39, 0.29) is 5.91 Å². The molecular weight excluding hydrogens is 340 g/mol. The molecule has 0 saturated heterocycles. The lowest BCUT2D eigenvalue weighted by Crippen LogP contribution is -2.12. The minimum Gasteiger partial charge on any atom is -0.297 e. The maximum absolute atomic E-state index is 12.4. The van der Waals surface area contributed by atoms with Crippen molar-refractivity contribution in [3.05, 3.63) is 45.3 Å². The van der Waals surface area contributed by atoms with Gasteiger partial charge in [0.1, 0.15) is 4.88 Å². The third kappa shape index (κ3) is 3.52. The van der Waals surface area contributed by atoms with Crippen molar-refractivity contribution >= 4 is 33.9 Å². The standard InChI is InChI=1S/C17H18N4OS2/c1-4-5-13-15(24-21-20-13)16(22)19-17-18-14(9-23-17)12-8-10(2)6-7-11(12)3/h6-9H,4-5H2,1-3H3,(H,18,19,22). The van der Waals surface area contributed by atoms with Crippen LogP contribution < -0.4 is 5.32 Å². The average molecular weight is 358 g/mol. The molecule has 1 amide bonds. The average Bonchev–Trinajstić information content (AvgIpc) is 3.19. The van der Waals surface area contributed by atoms with Crippen LogP contribution in [0.25, 0.3) is 11.3 Å². The first-order valence-corrected chi connectivity index (χ1v) is 9.39. The lowest BCUT2D eigenvalue weighted by molar-refractivity contribution is 0.102. The van der Waals surface area contributed by atoms with Crippen LogP contribution in [0.5, 0.6) is 0 Å². The predicted molar refractivity (Wildman–Crippen MR) is 98.9 cm³/mol. The summed E-state index contributed by atoms with van der Waals surface area (Å²) >= 11 is 2.55. The minimum atomic E-state index is -0.185. The molecule has 0 bridgehead atoms. The lowest BCUT2D eigenvalue weighted by Gasteiger charge is -2.04. The summed E-state index contributed by atoms with van der Waals surface area (Å²) in [4.78, 5) is 17.6. The third-order valence-corrected chi connectivity index (χ3v) is 5.17. The molecule has 0 saturated carbocycles. The van der Waals surface area contributed by atoms with Crippen LogP contribution in [0.4, 0.5) is 5.13 Å². The molecule has 1 aromatic carbocycles. The second-order valence-electron chi connectivity index (χ2n) is 5.61. The van der Waals surface area contributed by atoms with Gasteiger partial charge in [-0.3, -0.25) is 10.1 Å². The normalized spacial score (nSPS) is 10.8. The van der Waals surface area contributed by atoms with Gasteiger partial charge in [0.15, 0.2) is 5.13 Å². The van der Waals surface area contributed by atoms with E-state index in [1.807, 2.05) is 5.38 Å². The number of thiazole rings is 1. The number of aromatic nitrogens is 3. The van der Waals surface area contributed by atoms with Gasteiger partial charge < -0.3 is 0 Å². The van der Waals surface area contributed by atoms with E-state index in [0.29, 0.717) is 10.0 Å². The number of rotatable bonds is 5. The van der Waals surface area contributed by atoms with E-state index < -0.39 is 0 Å². The Morgan fingerprint density at radius 3 is 2.92 bits per heavy atom. The maximum atomic E-state index is 12.4. The molecule has 0 unspecified atom stereocenters. The van der Waals surface area contributed by atoms with Crippen LogP contribution in [0.3, 0.4) is 0 Å². The topological polar surface area (TPSA) is 67.8 Å². The van der Waals surface area contributed by atoms with Crippen molar-refractivity contribution in [3.63, 3.8) is 0 Å². The van der Waals surface area contributed by atoms with Gasteiger partial charge in [-0.25, -0.2) is 4.98 Å². The molecule has 0 radical (unpaired) electrons. The van der Waals surface area contributed by atoms with Gasteiger partial charge in [-0.1, -0.05) is 35.5 Å². The molecule has 2 aromatic heterocycles. The Labute approximate surface area is 148 Å². The molecule has 24 heavy (non-hydrogen) atoms. The number of benzene rings is 1. The number of nitrogens with one attached hydrogen (secondary N) is 1. The van der Waals surface area contributed by atoms with Crippen LogP contribution in [0.1, 0.15) is 39.8 Å². The fraction of sp³-hybridized carbons (Fsp3) is 0.294. The van der Waals surface area contributed by atoms with Crippen molar-refractivity contribution in [2.75, 3.05) is 5.32 Å². The summed E-state index contributed by atoms with van der Waals surface area (Å²) < 4.78 is 3.89. The van der Waals surface area contributed by atoms with E-state index in [0.717, 1.165) is 41.3 Å². The summed E-state index contributed by atoms with van der Waals surface area (Å²) in [6.45, 7) is 6.18. The Morgan fingerprint density at radius 1 is 1.29 bits per heavy atom. The van der Waals surface area contributed by atoms with Gasteiger partial charge in [-0.05, 0) is 43.4 Å². The Hall–Kier alpha value is -2.12. The van der Waals surface area contributed by atoms with E-state index in [4.69, 9.17) is 0 Å². The quantitative estimate of drug-likeness (QED) is 0.730. The van der Waals surface area contributed by atoms with Gasteiger partial charge in [0.2, 0.25) is 0 Å². The number of carbonyl (C=O) groups is 1. The summed E-state index contributed by atoms with van der Waals surface area (Å²) in [6.07, 6.45) is 1.69. The highest BCUT2D eigenvalue weighted by atomic mass is 32.1. The van der Waals surface area contributed by atoms with E-state index in [1.165, 1.54) is 22.5 Å². The first-order chi connectivity index (χ1) is 11.6. The minimum absolute atomic E-state index is 0.185. The third-order valence-electron chi connectivity index (χ3n) is 3.64. The van der Waals surface area contributed by atoms with Crippen molar-refractivity contribution < 1.29 is 4.79 Å². The van der Waals surface area contributed by atoms with Crippen LogP contribution in [0.2, 0.25) is 0 Å². The molecule has 3 aromatic rings. The van der Waals surface area contributed by atoms with Gasteiger partial charge in [0.25, 0.3) is 5.91 Å². The second kappa shape index (κ2) is 7.19. The van der Waals surface area contributed by atoms with Gasteiger partial charge in [-0.15, -0.1) is 16.4 Å². The van der Waals surface area contributed by atoms with Crippen molar-refractivity contribution in [1.29, 1.82) is 0 Å². The molecule has 0 atom stereocenters. The van der Waals surface area contributed by atoms with Crippen molar-refractivity contribution in [2.45, 2.75) is 33.6 Å². The SMILES string of the molecule is CCCc1nnsc1C(=O)Nc1nc(-c2cc(C)ccc2C)cs1. The van der Waals surface area contributed by atoms with Gasteiger partial charge in [-0.2, -0.15) is 0 Å². The summed E-state index contributed by atoms with van der Waals surface area (Å²) in [5.74, 6) is -0.185. The summed E-state index contributed by atoms with van der Waals surface area (Å²) in [5.41, 5.74) is 5.09. The Bertz CT molecular complexity index is 869. The number of nitrogens with zero attached hydrogens (tertiary/aromatic N) is 3. The smallest absolute Gasteiger partial charge is 0.271 e. The Kier molecular flexibility index (Phi) is 5.01. The fourth-order valence-electron chi connectivity index (χ4n) is 2.40. The Morgan fingerprint density at radius 2 is 2.12 bits per heavy atom. The molecule has 124 valence electrons. The van der Waals surface area contributed by atoms with Crippen LogP contribution in [-0.2, 0) is 6.42 Å². The van der Waals surface area contributed by atoms with Crippen molar-refractivity contribution in [3.8, 4) is 11.3 Å². The summed E-state index contributed by atoms with van der Waals surface area (Å²) in [6, 6.07) is 6.28. The van der Waals surface area contributed by atoms with Crippen LogP contribution in [-0.4, -0.2) is 20.5 Å². The highest BCUT2D eigenvalue weighted by Crippen LogP contribution is 2.28. The molecule has 0 aliphatic rings. The van der Waals surface area contributed by atoms with E-state index in [1.54, 1.807) is 0 Å². The molecule has 0 aliphatic carbocycles. The monoisotopic (exact) mass is 358 g/mol. The maximum Gasteiger partial charge on any atom is 0.271 e. The van der Waals surface area contributed by atoms with Gasteiger partial charge >= 0.3 is 0 Å².